The number of fused-ring (bicyclic) bond motifs is 4. The number of hydrogen-bond donors (Lipinski definition) is 0. The third kappa shape index (κ3) is 2.44. The van der Waals surface area contributed by atoms with Crippen molar-refractivity contribution in [2.75, 3.05) is 0 Å². The Morgan fingerprint density at radius 3 is 2.90 bits per heavy atom. The maximum Gasteiger partial charge on any atom is 0.166 e. The average molecular weight is 400 g/mol. The van der Waals surface area contributed by atoms with Gasteiger partial charge in [-0.3, -0.25) is 9.78 Å². The monoisotopic (exact) mass is 399 g/mol. The topological polar surface area (TPSA) is 39.2 Å². The molecule has 30 heavy (non-hydrogen) atoms. The number of Topliss-reactive ketones (excluding diaryl/α,β-unsaturated/α-hetero) is 1. The third-order valence-electron chi connectivity index (χ3n) is 8.67. The van der Waals surface area contributed by atoms with Crippen molar-refractivity contribution in [1.82, 2.24) is 4.98 Å². The summed E-state index contributed by atoms with van der Waals surface area (Å²) < 4.78 is 6.76. The van der Waals surface area contributed by atoms with Crippen molar-refractivity contribution >= 4 is 16.7 Å². The summed E-state index contributed by atoms with van der Waals surface area (Å²) in [7, 11) is 0. The van der Waals surface area contributed by atoms with Crippen molar-refractivity contribution in [2.24, 2.45) is 11.3 Å². The molecule has 2 fully saturated rings. The highest BCUT2D eigenvalue weighted by Crippen LogP contribution is 2.65. The van der Waals surface area contributed by atoms with Crippen molar-refractivity contribution in [3.05, 3.63) is 65.1 Å². The molecule has 1 aromatic carbocycles. The van der Waals surface area contributed by atoms with E-state index in [1.807, 2.05) is 12.3 Å². The molecule has 4 aliphatic rings. The summed E-state index contributed by atoms with van der Waals surface area (Å²) in [5.41, 5.74) is 4.66. The van der Waals surface area contributed by atoms with Crippen LogP contribution in [0.3, 0.4) is 0 Å². The van der Waals surface area contributed by atoms with Crippen LogP contribution in [0, 0.1) is 11.3 Å². The quantitative estimate of drug-likeness (QED) is 0.569. The lowest BCUT2D eigenvalue weighted by molar-refractivity contribution is -0.118. The molecule has 0 amide bonds. The van der Waals surface area contributed by atoms with Crippen molar-refractivity contribution in [1.29, 1.82) is 0 Å². The molecule has 0 saturated heterocycles. The summed E-state index contributed by atoms with van der Waals surface area (Å²) >= 11 is 0. The first-order valence-electron chi connectivity index (χ1n) is 11.5. The van der Waals surface area contributed by atoms with Crippen LogP contribution < -0.4 is 0 Å². The van der Waals surface area contributed by atoms with E-state index in [-0.39, 0.29) is 16.8 Å². The molecule has 2 heterocycles. The molecule has 3 heteroatoms. The Kier molecular flexibility index (Phi) is 3.85. The van der Waals surface area contributed by atoms with Crippen LogP contribution in [-0.2, 0) is 9.53 Å². The van der Waals surface area contributed by atoms with Crippen LogP contribution in [0.25, 0.3) is 10.9 Å². The molecule has 0 N–H and O–H groups in total. The van der Waals surface area contributed by atoms with E-state index in [1.165, 1.54) is 29.4 Å². The maximum atomic E-state index is 12.5. The van der Waals surface area contributed by atoms with Crippen LogP contribution in [0.4, 0.5) is 0 Å². The Bertz CT molecular complexity index is 1130. The Morgan fingerprint density at radius 1 is 1.10 bits per heavy atom. The normalized spacial score (nSPS) is 35.4. The zero-order valence-corrected chi connectivity index (χ0v) is 17.9. The number of ether oxygens (including phenoxy) is 1. The summed E-state index contributed by atoms with van der Waals surface area (Å²) in [6, 6.07) is 11.0. The number of aromatic nitrogens is 1. The lowest BCUT2D eigenvalue weighted by Crippen LogP contribution is -2.51. The van der Waals surface area contributed by atoms with Gasteiger partial charge in [-0.2, -0.15) is 0 Å². The first-order valence-corrected chi connectivity index (χ1v) is 11.5. The molecule has 6 rings (SSSR count). The lowest BCUT2D eigenvalue weighted by atomic mass is 9.56. The van der Waals surface area contributed by atoms with Gasteiger partial charge in [0.2, 0.25) is 0 Å². The van der Waals surface area contributed by atoms with E-state index in [9.17, 15) is 4.79 Å². The van der Waals surface area contributed by atoms with Crippen molar-refractivity contribution in [2.45, 2.75) is 70.3 Å². The number of ketones is 1. The minimum Gasteiger partial charge on any atom is -0.486 e. The SMILES string of the molecule is C[C@]12CCC3=CC4=C(CCCC4=O)O[C@@]3(C)[C@@H]1CC[C@@H]2c1ccc2cccnc2c1. The van der Waals surface area contributed by atoms with Gasteiger partial charge >= 0.3 is 0 Å². The van der Waals surface area contributed by atoms with E-state index in [2.05, 4.69) is 49.2 Å². The van der Waals surface area contributed by atoms with E-state index >= 15 is 0 Å². The number of hydrogen-bond acceptors (Lipinski definition) is 3. The van der Waals surface area contributed by atoms with Gasteiger partial charge in [-0.25, -0.2) is 0 Å². The fraction of sp³-hybridized carbons (Fsp3) is 0.481. The molecule has 0 radical (unpaired) electrons. The van der Waals surface area contributed by atoms with E-state index in [0.717, 1.165) is 42.5 Å². The molecular formula is C27H29NO2. The van der Waals surface area contributed by atoms with Gasteiger partial charge in [0, 0.05) is 30.3 Å². The van der Waals surface area contributed by atoms with Crippen LogP contribution >= 0.6 is 0 Å². The number of allylic oxidation sites excluding steroid dienone is 3. The van der Waals surface area contributed by atoms with Gasteiger partial charge in [0.15, 0.2) is 5.78 Å². The number of carbonyl (C=O) groups excluding carboxylic acids is 1. The number of rotatable bonds is 1. The predicted octanol–water partition coefficient (Wildman–Crippen LogP) is 6.25. The molecule has 0 unspecified atom stereocenters. The van der Waals surface area contributed by atoms with E-state index in [1.54, 1.807) is 0 Å². The Balaban J connectivity index is 1.38. The van der Waals surface area contributed by atoms with Gasteiger partial charge in [0.1, 0.15) is 11.4 Å². The summed E-state index contributed by atoms with van der Waals surface area (Å²) in [5.74, 6) is 2.23. The van der Waals surface area contributed by atoms with E-state index in [0.29, 0.717) is 18.3 Å². The lowest BCUT2D eigenvalue weighted by Gasteiger charge is -2.54. The second kappa shape index (κ2) is 6.29. The minimum atomic E-state index is -0.271. The first kappa shape index (κ1) is 18.4. The van der Waals surface area contributed by atoms with Crippen molar-refractivity contribution < 1.29 is 9.53 Å². The highest BCUT2D eigenvalue weighted by atomic mass is 16.5. The zero-order valence-electron chi connectivity index (χ0n) is 17.9. The largest absolute Gasteiger partial charge is 0.486 e. The number of carbonyl (C=O) groups is 1. The second-order valence-electron chi connectivity index (χ2n) is 10.1. The molecule has 2 aromatic rings. The maximum absolute atomic E-state index is 12.5. The van der Waals surface area contributed by atoms with E-state index in [4.69, 9.17) is 4.74 Å². The van der Waals surface area contributed by atoms with Crippen LogP contribution in [-0.4, -0.2) is 16.4 Å². The van der Waals surface area contributed by atoms with E-state index < -0.39 is 0 Å². The first-order chi connectivity index (χ1) is 14.5. The Morgan fingerprint density at radius 2 is 2.00 bits per heavy atom. The zero-order chi connectivity index (χ0) is 20.5. The van der Waals surface area contributed by atoms with Crippen LogP contribution in [0.15, 0.2) is 59.5 Å². The fourth-order valence-electron chi connectivity index (χ4n) is 7.10. The summed E-state index contributed by atoms with van der Waals surface area (Å²) in [4.78, 5) is 17.1. The van der Waals surface area contributed by atoms with Gasteiger partial charge in [0.25, 0.3) is 0 Å². The molecule has 0 spiro atoms. The average Bonchev–Trinajstić information content (AvgIpc) is 3.11. The Hall–Kier alpha value is -2.42. The van der Waals surface area contributed by atoms with Crippen LogP contribution in [0.2, 0.25) is 0 Å². The number of benzene rings is 1. The van der Waals surface area contributed by atoms with Crippen molar-refractivity contribution in [3.8, 4) is 0 Å². The minimum absolute atomic E-state index is 0.200. The fourth-order valence-corrected chi connectivity index (χ4v) is 7.10. The molecular weight excluding hydrogens is 370 g/mol. The molecule has 2 saturated carbocycles. The van der Waals surface area contributed by atoms with Gasteiger partial charge in [-0.15, -0.1) is 0 Å². The standard InChI is InChI=1S/C27H29NO2/c1-26-13-12-19-16-20-23(29)6-3-7-24(20)30-27(19,2)25(26)11-10-21(26)18-9-8-17-5-4-14-28-22(17)15-18/h4-5,8-9,14-16,21,25H,3,6-7,10-13H2,1-2H3/t21-,25-,26-,27-/m1/s1. The number of pyridine rings is 1. The third-order valence-corrected chi connectivity index (χ3v) is 8.67. The second-order valence-corrected chi connectivity index (χ2v) is 10.1. The molecule has 1 aromatic heterocycles. The number of nitrogens with zero attached hydrogens (tertiary/aromatic N) is 1. The van der Waals surface area contributed by atoms with Gasteiger partial charge in [-0.1, -0.05) is 25.1 Å². The Labute approximate surface area is 178 Å². The summed E-state index contributed by atoms with van der Waals surface area (Å²) in [5, 5.41) is 1.21. The van der Waals surface area contributed by atoms with Crippen LogP contribution in [0.1, 0.15) is 70.3 Å². The molecule has 4 atom stereocenters. The molecule has 0 bridgehead atoms. The van der Waals surface area contributed by atoms with Gasteiger partial charge in [-0.05, 0) is 79.7 Å². The van der Waals surface area contributed by atoms with Crippen molar-refractivity contribution in [3.63, 3.8) is 0 Å². The van der Waals surface area contributed by atoms with Gasteiger partial charge in [0.05, 0.1) is 11.1 Å². The molecule has 3 aliphatic carbocycles. The molecule has 3 nitrogen and oxygen atoms in total. The smallest absolute Gasteiger partial charge is 0.166 e. The summed E-state index contributed by atoms with van der Waals surface area (Å²) in [6.07, 6.45) is 11.1. The molecule has 1 aliphatic heterocycles. The molecule has 154 valence electrons. The highest BCUT2D eigenvalue weighted by Gasteiger charge is 2.60. The highest BCUT2D eigenvalue weighted by molar-refractivity contribution is 5.99. The van der Waals surface area contributed by atoms with Gasteiger partial charge < -0.3 is 4.74 Å². The van der Waals surface area contributed by atoms with Crippen LogP contribution in [0.5, 0.6) is 0 Å². The summed E-state index contributed by atoms with van der Waals surface area (Å²) in [6.45, 7) is 4.79. The predicted molar refractivity (Wildman–Crippen MR) is 118 cm³/mol.